The first-order valence-corrected chi connectivity index (χ1v) is 7.24. The summed E-state index contributed by atoms with van der Waals surface area (Å²) in [4.78, 5) is 11.4. The topological polar surface area (TPSA) is 102 Å². The number of nitrogens with two attached hydrogens (primary N) is 1. The molecule has 0 aliphatic heterocycles. The molecule has 0 aliphatic carbocycles. The van der Waals surface area contributed by atoms with Gasteiger partial charge >= 0.3 is 5.51 Å². The van der Waals surface area contributed by atoms with Crippen molar-refractivity contribution < 1.29 is 30.8 Å². The lowest BCUT2D eigenvalue weighted by molar-refractivity contribution is -0.0327. The van der Waals surface area contributed by atoms with Gasteiger partial charge in [-0.15, -0.1) is 0 Å². The summed E-state index contributed by atoms with van der Waals surface area (Å²) in [5, 5.41) is 6.31. The van der Waals surface area contributed by atoms with Gasteiger partial charge in [0.2, 0.25) is 5.09 Å². The highest BCUT2D eigenvalue weighted by Crippen LogP contribution is 2.29. The lowest BCUT2D eigenvalue weighted by Gasteiger charge is -2.05. The summed E-state index contributed by atoms with van der Waals surface area (Å²) < 4.78 is 61.7. The van der Waals surface area contributed by atoms with Crippen molar-refractivity contribution >= 4 is 27.7 Å². The Bertz CT molecular complexity index is 553. The Morgan fingerprint density at radius 2 is 2.05 bits per heavy atom. The molecule has 3 N–H and O–H groups in total. The van der Waals surface area contributed by atoms with Gasteiger partial charge in [0.15, 0.2) is 5.76 Å². The number of nitrogens with one attached hydrogen (secondary N) is 1. The fraction of sp³-hybridized carbons (Fsp3) is 0.375. The molecule has 1 aromatic rings. The van der Waals surface area contributed by atoms with Crippen molar-refractivity contribution in [3.63, 3.8) is 0 Å². The van der Waals surface area contributed by atoms with Gasteiger partial charge in [-0.25, -0.2) is 13.6 Å². The summed E-state index contributed by atoms with van der Waals surface area (Å²) in [5.74, 6) is -1.53. The zero-order valence-electron chi connectivity index (χ0n) is 9.23. The second kappa shape index (κ2) is 5.84. The third-order valence-corrected chi connectivity index (χ3v) is 3.25. The molecule has 0 unspecified atom stereocenters. The van der Waals surface area contributed by atoms with Crippen LogP contribution in [0.2, 0.25) is 0 Å². The van der Waals surface area contributed by atoms with Gasteiger partial charge in [-0.1, -0.05) is 0 Å². The Morgan fingerprint density at radius 1 is 1.42 bits per heavy atom. The molecule has 0 saturated carbocycles. The van der Waals surface area contributed by atoms with Gasteiger partial charge in [-0.2, -0.15) is 13.2 Å². The Morgan fingerprint density at radius 3 is 2.53 bits per heavy atom. The third kappa shape index (κ3) is 5.53. The molecular formula is C8H9F3N2O4S2. The number of alkyl halides is 3. The number of carbonyl (C=O) groups excluding carboxylic acids is 1. The largest absolute Gasteiger partial charge is 0.441 e. The first-order valence-electron chi connectivity index (χ1n) is 4.71. The molecule has 19 heavy (non-hydrogen) atoms. The van der Waals surface area contributed by atoms with Crippen molar-refractivity contribution in [2.45, 2.75) is 10.6 Å². The van der Waals surface area contributed by atoms with E-state index in [0.717, 1.165) is 12.1 Å². The molecule has 1 amide bonds. The van der Waals surface area contributed by atoms with E-state index in [1.54, 1.807) is 0 Å². The fourth-order valence-electron chi connectivity index (χ4n) is 1.01. The minimum Gasteiger partial charge on any atom is -0.438 e. The maximum atomic E-state index is 11.8. The molecule has 0 bridgehead atoms. The standard InChI is InChI=1S/C8H9F3N2O4S2/c9-8(10,11)18-4-3-13-7(14)5-1-2-6(17-5)19(12,15)16/h1-2H,3-4H2,(H,13,14)(H2,12,15,16). The molecule has 0 spiro atoms. The molecular weight excluding hydrogens is 309 g/mol. The van der Waals surface area contributed by atoms with Gasteiger partial charge in [0.25, 0.3) is 15.9 Å². The van der Waals surface area contributed by atoms with E-state index in [9.17, 15) is 26.4 Å². The first-order chi connectivity index (χ1) is 8.59. The van der Waals surface area contributed by atoms with Crippen molar-refractivity contribution in [1.29, 1.82) is 0 Å². The summed E-state index contributed by atoms with van der Waals surface area (Å²) >= 11 is -0.281. The van der Waals surface area contributed by atoms with Crippen molar-refractivity contribution in [1.82, 2.24) is 5.32 Å². The number of thioether (sulfide) groups is 1. The molecule has 6 nitrogen and oxygen atoms in total. The highest BCUT2D eigenvalue weighted by Gasteiger charge is 2.27. The number of hydrogen-bond donors (Lipinski definition) is 2. The highest BCUT2D eigenvalue weighted by atomic mass is 32.2. The van der Waals surface area contributed by atoms with Gasteiger partial charge < -0.3 is 9.73 Å². The van der Waals surface area contributed by atoms with Crippen LogP contribution >= 0.6 is 11.8 Å². The first kappa shape index (κ1) is 15.9. The van der Waals surface area contributed by atoms with Crippen LogP contribution in [0, 0.1) is 0 Å². The summed E-state index contributed by atoms with van der Waals surface area (Å²) in [5.41, 5.74) is -4.36. The van der Waals surface area contributed by atoms with E-state index in [0.29, 0.717) is 0 Å². The summed E-state index contributed by atoms with van der Waals surface area (Å²) in [7, 11) is -4.06. The molecule has 0 aliphatic rings. The Balaban J connectivity index is 2.49. The molecule has 0 aromatic carbocycles. The van der Waals surface area contributed by atoms with E-state index in [1.165, 1.54) is 0 Å². The molecule has 1 aromatic heterocycles. The second-order valence-corrected chi connectivity index (χ2v) is 5.87. The van der Waals surface area contributed by atoms with Crippen LogP contribution in [-0.4, -0.2) is 32.1 Å². The Kier molecular flexibility index (Phi) is 4.87. The zero-order chi connectivity index (χ0) is 14.7. The van der Waals surface area contributed by atoms with E-state index in [-0.39, 0.29) is 29.8 Å². The number of amides is 1. The number of furan rings is 1. The van der Waals surface area contributed by atoms with E-state index < -0.39 is 26.5 Å². The van der Waals surface area contributed by atoms with Crippen LogP contribution in [0.3, 0.4) is 0 Å². The van der Waals surface area contributed by atoms with Crippen molar-refractivity contribution in [3.05, 3.63) is 17.9 Å². The molecule has 0 atom stereocenters. The van der Waals surface area contributed by atoms with Crippen LogP contribution in [0.5, 0.6) is 0 Å². The molecule has 108 valence electrons. The lowest BCUT2D eigenvalue weighted by atomic mass is 10.4. The predicted molar refractivity (Wildman–Crippen MR) is 60.9 cm³/mol. The van der Waals surface area contributed by atoms with Crippen LogP contribution in [0.4, 0.5) is 13.2 Å². The summed E-state index contributed by atoms with van der Waals surface area (Å²) in [6, 6.07) is 2.04. The number of rotatable bonds is 5. The second-order valence-electron chi connectivity index (χ2n) is 3.21. The smallest absolute Gasteiger partial charge is 0.438 e. The van der Waals surface area contributed by atoms with Gasteiger partial charge in [0.05, 0.1) is 0 Å². The number of hydrogen-bond acceptors (Lipinski definition) is 5. The minimum atomic E-state index is -4.36. The van der Waals surface area contributed by atoms with Crippen LogP contribution in [0.25, 0.3) is 0 Å². The van der Waals surface area contributed by atoms with Crippen LogP contribution in [-0.2, 0) is 10.0 Å². The SMILES string of the molecule is NS(=O)(=O)c1ccc(C(=O)NCCSC(F)(F)F)o1. The average Bonchev–Trinajstić information content (AvgIpc) is 2.71. The number of primary sulfonamides is 1. The molecule has 1 rings (SSSR count). The molecule has 0 radical (unpaired) electrons. The van der Waals surface area contributed by atoms with Gasteiger partial charge in [-0.3, -0.25) is 4.79 Å². The quantitative estimate of drug-likeness (QED) is 0.786. The normalized spacial score (nSPS) is 12.4. The summed E-state index contributed by atoms with van der Waals surface area (Å²) in [6.07, 6.45) is 0. The molecule has 0 fully saturated rings. The Labute approximate surface area is 110 Å². The number of halogens is 3. The van der Waals surface area contributed by atoms with E-state index in [1.807, 2.05) is 0 Å². The van der Waals surface area contributed by atoms with Crippen molar-refractivity contribution in [2.75, 3.05) is 12.3 Å². The van der Waals surface area contributed by atoms with E-state index in [2.05, 4.69) is 9.73 Å². The number of sulfonamides is 1. The van der Waals surface area contributed by atoms with Crippen LogP contribution in [0.1, 0.15) is 10.6 Å². The van der Waals surface area contributed by atoms with Gasteiger partial charge in [0, 0.05) is 12.3 Å². The lowest BCUT2D eigenvalue weighted by Crippen LogP contribution is -2.26. The monoisotopic (exact) mass is 318 g/mol. The van der Waals surface area contributed by atoms with Crippen molar-refractivity contribution in [3.8, 4) is 0 Å². The van der Waals surface area contributed by atoms with Crippen LogP contribution < -0.4 is 10.5 Å². The number of carbonyl (C=O) groups is 1. The zero-order valence-corrected chi connectivity index (χ0v) is 10.9. The maximum absolute atomic E-state index is 11.8. The highest BCUT2D eigenvalue weighted by molar-refractivity contribution is 8.00. The average molecular weight is 318 g/mol. The van der Waals surface area contributed by atoms with Crippen molar-refractivity contribution in [2.24, 2.45) is 5.14 Å². The molecule has 1 heterocycles. The maximum Gasteiger partial charge on any atom is 0.441 e. The fourth-order valence-corrected chi connectivity index (χ4v) is 1.91. The van der Waals surface area contributed by atoms with Gasteiger partial charge in [0.1, 0.15) is 0 Å². The van der Waals surface area contributed by atoms with Crippen LogP contribution in [0.15, 0.2) is 21.6 Å². The minimum absolute atomic E-state index is 0.242. The van der Waals surface area contributed by atoms with E-state index in [4.69, 9.17) is 5.14 Å². The summed E-state index contributed by atoms with van der Waals surface area (Å²) in [6.45, 7) is -0.242. The predicted octanol–water partition coefficient (Wildman–Crippen LogP) is 0.910. The molecule has 11 heteroatoms. The van der Waals surface area contributed by atoms with Gasteiger partial charge in [-0.05, 0) is 23.9 Å². The Hall–Kier alpha value is -1.20. The van der Waals surface area contributed by atoms with E-state index >= 15 is 0 Å². The molecule has 0 saturated heterocycles. The third-order valence-electron chi connectivity index (χ3n) is 1.74.